The maximum atomic E-state index is 11.1. The molecule has 4 nitrogen and oxygen atoms in total. The molecule has 0 aliphatic heterocycles. The van der Waals surface area contributed by atoms with Crippen LogP contribution in [0.5, 0.6) is 5.75 Å². The number of unbranched alkanes of at least 4 members (excludes halogenated alkanes) is 2. The number of hydrogen-bond donors (Lipinski definition) is 0. The van der Waals surface area contributed by atoms with Crippen LogP contribution in [0.2, 0.25) is 0 Å². The predicted octanol–water partition coefficient (Wildman–Crippen LogP) is 3.82. The van der Waals surface area contributed by atoms with E-state index < -0.39 is 0 Å². The summed E-state index contributed by atoms with van der Waals surface area (Å²) in [5.41, 5.74) is 0.519. The minimum atomic E-state index is -0.145. The fraction of sp³-hybridized carbons (Fsp3) is 0.467. The van der Waals surface area contributed by atoms with Crippen molar-refractivity contribution in [3.63, 3.8) is 0 Å². The highest BCUT2D eigenvalue weighted by Gasteiger charge is 2.04. The summed E-state index contributed by atoms with van der Waals surface area (Å²) < 4.78 is 11.3. The smallest absolute Gasteiger partial charge is 0.305 e. The lowest BCUT2D eigenvalue weighted by Gasteiger charge is -2.08. The number of nitrogens with zero attached hydrogens (tertiary/aromatic N) is 1. The Morgan fingerprint density at radius 3 is 2.85 bits per heavy atom. The first-order chi connectivity index (χ1) is 9.67. The standard InChI is InChI=1S/C15H18BrNO3/c1-2-19-15(18)6-4-3-5-9-20-14-8-7-13(16)10-12(14)11-17/h7-8,10H,2-6,9H2,1H3. The van der Waals surface area contributed by atoms with Crippen molar-refractivity contribution in [1.29, 1.82) is 5.26 Å². The van der Waals surface area contributed by atoms with Crippen LogP contribution in [0.3, 0.4) is 0 Å². The molecular formula is C15H18BrNO3. The number of hydrogen-bond acceptors (Lipinski definition) is 4. The zero-order valence-electron chi connectivity index (χ0n) is 11.5. The van der Waals surface area contributed by atoms with Crippen molar-refractivity contribution in [2.75, 3.05) is 13.2 Å². The Labute approximate surface area is 127 Å². The highest BCUT2D eigenvalue weighted by molar-refractivity contribution is 9.10. The average molecular weight is 340 g/mol. The van der Waals surface area contributed by atoms with E-state index in [2.05, 4.69) is 22.0 Å². The van der Waals surface area contributed by atoms with Gasteiger partial charge in [0.1, 0.15) is 11.8 Å². The summed E-state index contributed by atoms with van der Waals surface area (Å²) >= 11 is 3.32. The van der Waals surface area contributed by atoms with Crippen LogP contribution in [-0.4, -0.2) is 19.2 Å². The molecule has 20 heavy (non-hydrogen) atoms. The molecule has 0 atom stereocenters. The Hall–Kier alpha value is -1.54. The molecule has 0 saturated heterocycles. The predicted molar refractivity (Wildman–Crippen MR) is 79.5 cm³/mol. The number of carbonyl (C=O) groups is 1. The zero-order chi connectivity index (χ0) is 14.8. The molecule has 0 spiro atoms. The number of nitriles is 1. The van der Waals surface area contributed by atoms with Gasteiger partial charge in [0.2, 0.25) is 0 Å². The molecule has 1 rings (SSSR count). The fourth-order valence-corrected chi connectivity index (χ4v) is 2.04. The first-order valence-electron chi connectivity index (χ1n) is 6.65. The number of benzene rings is 1. The summed E-state index contributed by atoms with van der Waals surface area (Å²) in [4.78, 5) is 11.1. The molecule has 0 aromatic heterocycles. The van der Waals surface area contributed by atoms with Crippen LogP contribution in [0.25, 0.3) is 0 Å². The third-order valence-electron chi connectivity index (χ3n) is 2.65. The largest absolute Gasteiger partial charge is 0.492 e. The van der Waals surface area contributed by atoms with Crippen molar-refractivity contribution in [2.45, 2.75) is 32.6 Å². The van der Waals surface area contributed by atoms with E-state index in [4.69, 9.17) is 14.7 Å². The second-order valence-corrected chi connectivity index (χ2v) is 5.13. The Balaban J connectivity index is 2.22. The van der Waals surface area contributed by atoms with Crippen LogP contribution >= 0.6 is 15.9 Å². The molecule has 0 bridgehead atoms. The van der Waals surface area contributed by atoms with Gasteiger partial charge in [-0.25, -0.2) is 0 Å². The van der Waals surface area contributed by atoms with Gasteiger partial charge in [0.05, 0.1) is 18.8 Å². The summed E-state index contributed by atoms with van der Waals surface area (Å²) in [7, 11) is 0. The van der Waals surface area contributed by atoms with Gasteiger partial charge in [0, 0.05) is 10.9 Å². The van der Waals surface area contributed by atoms with Crippen LogP contribution in [-0.2, 0) is 9.53 Å². The number of halogens is 1. The molecule has 5 heteroatoms. The maximum Gasteiger partial charge on any atom is 0.305 e. The average Bonchev–Trinajstić information content (AvgIpc) is 2.44. The van der Waals surface area contributed by atoms with Gasteiger partial charge in [-0.3, -0.25) is 4.79 Å². The highest BCUT2D eigenvalue weighted by Crippen LogP contribution is 2.22. The molecule has 0 saturated carbocycles. The molecular weight excluding hydrogens is 322 g/mol. The molecule has 0 fully saturated rings. The monoisotopic (exact) mass is 339 g/mol. The van der Waals surface area contributed by atoms with Crippen molar-refractivity contribution in [3.05, 3.63) is 28.2 Å². The van der Waals surface area contributed by atoms with Crippen molar-refractivity contribution in [2.24, 2.45) is 0 Å². The van der Waals surface area contributed by atoms with E-state index in [9.17, 15) is 4.79 Å². The van der Waals surface area contributed by atoms with Gasteiger partial charge in [-0.05, 0) is 44.4 Å². The summed E-state index contributed by atoms with van der Waals surface area (Å²) in [6.07, 6.45) is 3.00. The first-order valence-corrected chi connectivity index (χ1v) is 7.44. The van der Waals surface area contributed by atoms with Crippen LogP contribution < -0.4 is 4.74 Å². The van der Waals surface area contributed by atoms with Gasteiger partial charge >= 0.3 is 5.97 Å². The third-order valence-corrected chi connectivity index (χ3v) is 3.14. The molecule has 0 aliphatic carbocycles. The van der Waals surface area contributed by atoms with Crippen LogP contribution in [0.15, 0.2) is 22.7 Å². The van der Waals surface area contributed by atoms with Crippen LogP contribution in [0.1, 0.15) is 38.2 Å². The molecule has 108 valence electrons. The van der Waals surface area contributed by atoms with Gasteiger partial charge in [-0.2, -0.15) is 5.26 Å². The Morgan fingerprint density at radius 1 is 1.35 bits per heavy atom. The number of carbonyl (C=O) groups excluding carboxylic acids is 1. The van der Waals surface area contributed by atoms with E-state index in [1.807, 2.05) is 6.07 Å². The van der Waals surface area contributed by atoms with E-state index in [0.717, 1.165) is 23.7 Å². The summed E-state index contributed by atoms with van der Waals surface area (Å²) in [5, 5.41) is 8.99. The van der Waals surface area contributed by atoms with Crippen molar-refractivity contribution < 1.29 is 14.3 Å². The number of esters is 1. The molecule has 1 aromatic carbocycles. The summed E-state index contributed by atoms with van der Waals surface area (Å²) in [6.45, 7) is 2.78. The van der Waals surface area contributed by atoms with Crippen molar-refractivity contribution in [1.82, 2.24) is 0 Å². The number of ether oxygens (including phenoxy) is 2. The topological polar surface area (TPSA) is 59.3 Å². The fourth-order valence-electron chi connectivity index (χ4n) is 1.68. The Bertz CT molecular complexity index is 482. The minimum Gasteiger partial charge on any atom is -0.492 e. The lowest BCUT2D eigenvalue weighted by molar-refractivity contribution is -0.143. The van der Waals surface area contributed by atoms with E-state index in [1.165, 1.54) is 0 Å². The first kappa shape index (κ1) is 16.5. The van der Waals surface area contributed by atoms with Gasteiger partial charge in [0.25, 0.3) is 0 Å². The second kappa shape index (κ2) is 9.38. The van der Waals surface area contributed by atoms with E-state index >= 15 is 0 Å². The third kappa shape index (κ3) is 6.07. The van der Waals surface area contributed by atoms with E-state index in [-0.39, 0.29) is 5.97 Å². The van der Waals surface area contributed by atoms with Gasteiger partial charge in [0.15, 0.2) is 0 Å². The van der Waals surface area contributed by atoms with Gasteiger partial charge in [-0.15, -0.1) is 0 Å². The lowest BCUT2D eigenvalue weighted by atomic mass is 10.2. The Kier molecular flexibility index (Phi) is 7.74. The van der Waals surface area contributed by atoms with E-state index in [0.29, 0.717) is 30.9 Å². The summed E-state index contributed by atoms with van der Waals surface area (Å²) in [6, 6.07) is 7.46. The number of rotatable bonds is 8. The lowest BCUT2D eigenvalue weighted by Crippen LogP contribution is -2.04. The zero-order valence-corrected chi connectivity index (χ0v) is 13.1. The second-order valence-electron chi connectivity index (χ2n) is 4.22. The molecule has 0 heterocycles. The molecule has 1 aromatic rings. The van der Waals surface area contributed by atoms with Crippen molar-refractivity contribution >= 4 is 21.9 Å². The van der Waals surface area contributed by atoms with Gasteiger partial charge < -0.3 is 9.47 Å². The van der Waals surface area contributed by atoms with Crippen molar-refractivity contribution in [3.8, 4) is 11.8 Å². The normalized spacial score (nSPS) is 9.85. The quantitative estimate of drug-likeness (QED) is 0.533. The van der Waals surface area contributed by atoms with Crippen LogP contribution in [0.4, 0.5) is 0 Å². The SMILES string of the molecule is CCOC(=O)CCCCCOc1ccc(Br)cc1C#N. The van der Waals surface area contributed by atoms with Gasteiger partial charge in [-0.1, -0.05) is 15.9 Å². The maximum absolute atomic E-state index is 11.1. The molecule has 0 N–H and O–H groups in total. The highest BCUT2D eigenvalue weighted by atomic mass is 79.9. The Morgan fingerprint density at radius 2 is 2.15 bits per heavy atom. The summed E-state index contributed by atoms with van der Waals surface area (Å²) in [5.74, 6) is 0.453. The molecule has 0 amide bonds. The molecule has 0 unspecified atom stereocenters. The minimum absolute atomic E-state index is 0.145. The molecule has 0 radical (unpaired) electrons. The molecule has 0 aliphatic rings. The van der Waals surface area contributed by atoms with E-state index in [1.54, 1.807) is 19.1 Å². The van der Waals surface area contributed by atoms with Crippen LogP contribution in [0, 0.1) is 11.3 Å².